The highest BCUT2D eigenvalue weighted by molar-refractivity contribution is 7.99. The summed E-state index contributed by atoms with van der Waals surface area (Å²) in [6, 6.07) is 7.00. The number of para-hydroxylation sites is 1. The van der Waals surface area contributed by atoms with Gasteiger partial charge in [0.15, 0.2) is 0 Å². The minimum Gasteiger partial charge on any atom is -0.492 e. The van der Waals surface area contributed by atoms with Gasteiger partial charge in [0.25, 0.3) is 0 Å². The topological polar surface area (TPSA) is 72.5 Å². The van der Waals surface area contributed by atoms with Crippen molar-refractivity contribution < 1.29 is 14.6 Å². The second-order valence-corrected chi connectivity index (χ2v) is 4.78. The summed E-state index contributed by atoms with van der Waals surface area (Å²) >= 11 is 1.48. The molecule has 0 unspecified atom stereocenters. The number of carbonyl (C=O) groups is 1. The van der Waals surface area contributed by atoms with E-state index in [4.69, 9.17) is 15.6 Å². The molecule has 4 nitrogen and oxygen atoms in total. The summed E-state index contributed by atoms with van der Waals surface area (Å²) in [6.07, 6.45) is 0. The maximum atomic E-state index is 10.5. The molecule has 5 heteroatoms. The summed E-state index contributed by atoms with van der Waals surface area (Å²) in [6.45, 7) is 2.55. The average Bonchev–Trinajstić information content (AvgIpc) is 2.30. The Balaban J connectivity index is 2.17. The van der Waals surface area contributed by atoms with E-state index in [2.05, 4.69) is 0 Å². The number of aliphatic carboxylic acids is 1. The van der Waals surface area contributed by atoms with Gasteiger partial charge in [-0.05, 0) is 18.6 Å². The van der Waals surface area contributed by atoms with E-state index in [1.165, 1.54) is 11.8 Å². The molecule has 0 aliphatic rings. The smallest absolute Gasteiger partial charge is 0.321 e. The summed E-state index contributed by atoms with van der Waals surface area (Å²) in [5.41, 5.74) is 6.47. The fraction of sp³-hybridized carbons (Fsp3) is 0.417. The van der Waals surface area contributed by atoms with Crippen LogP contribution in [0.15, 0.2) is 24.3 Å². The van der Waals surface area contributed by atoms with Crippen molar-refractivity contribution in [1.82, 2.24) is 0 Å². The normalized spacial score (nSPS) is 12.1. The number of ether oxygens (including phenoxy) is 1. The van der Waals surface area contributed by atoms with E-state index in [0.717, 1.165) is 17.1 Å². The Morgan fingerprint density at radius 3 is 2.88 bits per heavy atom. The van der Waals surface area contributed by atoms with Crippen molar-refractivity contribution in [3.8, 4) is 5.75 Å². The molecule has 1 rings (SSSR count). The number of rotatable bonds is 7. The number of nitrogens with two attached hydrogens (primary N) is 1. The van der Waals surface area contributed by atoms with Crippen LogP contribution in [-0.2, 0) is 4.79 Å². The molecule has 0 spiro atoms. The Kier molecular flexibility index (Phi) is 5.86. The fourth-order valence-corrected chi connectivity index (χ4v) is 1.97. The van der Waals surface area contributed by atoms with E-state index in [9.17, 15) is 4.79 Å². The highest BCUT2D eigenvalue weighted by Gasteiger charge is 2.10. The predicted octanol–water partition coefficient (Wildman–Crippen LogP) is 1.52. The van der Waals surface area contributed by atoms with Crippen LogP contribution in [0.25, 0.3) is 0 Å². The van der Waals surface area contributed by atoms with Crippen LogP contribution in [0.3, 0.4) is 0 Å². The lowest BCUT2D eigenvalue weighted by Crippen LogP contribution is -2.32. The van der Waals surface area contributed by atoms with Gasteiger partial charge in [-0.25, -0.2) is 0 Å². The summed E-state index contributed by atoms with van der Waals surface area (Å²) in [4.78, 5) is 10.5. The lowest BCUT2D eigenvalue weighted by molar-refractivity contribution is -0.137. The van der Waals surface area contributed by atoms with E-state index in [-0.39, 0.29) is 0 Å². The van der Waals surface area contributed by atoms with Crippen LogP contribution in [0.4, 0.5) is 0 Å². The van der Waals surface area contributed by atoms with Crippen molar-refractivity contribution in [3.05, 3.63) is 29.8 Å². The average molecular weight is 255 g/mol. The number of thioether (sulfide) groups is 1. The predicted molar refractivity (Wildman–Crippen MR) is 69.6 cm³/mol. The Morgan fingerprint density at radius 2 is 2.24 bits per heavy atom. The maximum absolute atomic E-state index is 10.5. The van der Waals surface area contributed by atoms with Gasteiger partial charge in [-0.1, -0.05) is 18.2 Å². The molecule has 17 heavy (non-hydrogen) atoms. The molecule has 0 bridgehead atoms. The number of benzene rings is 1. The molecule has 0 amide bonds. The van der Waals surface area contributed by atoms with Gasteiger partial charge in [0.05, 0.1) is 6.61 Å². The van der Waals surface area contributed by atoms with Gasteiger partial charge >= 0.3 is 5.97 Å². The quantitative estimate of drug-likeness (QED) is 0.723. The molecule has 0 saturated carbocycles. The van der Waals surface area contributed by atoms with Crippen LogP contribution in [0.2, 0.25) is 0 Å². The molecule has 0 saturated heterocycles. The van der Waals surface area contributed by atoms with Gasteiger partial charge in [0.1, 0.15) is 11.8 Å². The van der Waals surface area contributed by atoms with Gasteiger partial charge in [0.2, 0.25) is 0 Å². The molecule has 0 radical (unpaired) electrons. The van der Waals surface area contributed by atoms with E-state index in [0.29, 0.717) is 12.4 Å². The molecule has 3 N–H and O–H groups in total. The zero-order valence-corrected chi connectivity index (χ0v) is 10.6. The Bertz CT molecular complexity index is 371. The summed E-state index contributed by atoms with van der Waals surface area (Å²) < 4.78 is 5.57. The minimum atomic E-state index is -0.961. The van der Waals surface area contributed by atoms with E-state index in [1.807, 2.05) is 31.2 Å². The molecular weight excluding hydrogens is 238 g/mol. The zero-order chi connectivity index (χ0) is 12.7. The van der Waals surface area contributed by atoms with E-state index in [1.54, 1.807) is 0 Å². The standard InChI is InChI=1S/C12H17NO3S/c1-9-4-2-3-5-11(9)16-6-7-17-8-10(13)12(14)15/h2-5,10H,6-8,13H2,1H3,(H,14,15)/t10-/m1/s1. The van der Waals surface area contributed by atoms with Gasteiger partial charge < -0.3 is 15.6 Å². The highest BCUT2D eigenvalue weighted by atomic mass is 32.2. The first-order valence-corrected chi connectivity index (χ1v) is 6.51. The SMILES string of the molecule is Cc1ccccc1OCCSC[C@@H](N)C(=O)O. The molecule has 0 fully saturated rings. The molecule has 0 aromatic heterocycles. The zero-order valence-electron chi connectivity index (χ0n) is 9.76. The van der Waals surface area contributed by atoms with Crippen molar-refractivity contribution in [1.29, 1.82) is 0 Å². The van der Waals surface area contributed by atoms with Gasteiger partial charge in [-0.2, -0.15) is 11.8 Å². The number of carboxylic acids is 1. The monoisotopic (exact) mass is 255 g/mol. The molecule has 0 aliphatic carbocycles. The van der Waals surface area contributed by atoms with Crippen LogP contribution < -0.4 is 10.5 Å². The van der Waals surface area contributed by atoms with Crippen molar-refractivity contribution in [2.45, 2.75) is 13.0 Å². The molecule has 1 atom stereocenters. The second-order valence-electron chi connectivity index (χ2n) is 3.63. The largest absolute Gasteiger partial charge is 0.492 e. The van der Waals surface area contributed by atoms with Crippen LogP contribution >= 0.6 is 11.8 Å². The summed E-state index contributed by atoms with van der Waals surface area (Å²) in [5.74, 6) is 1.05. The Labute approximate surface area is 105 Å². The van der Waals surface area contributed by atoms with E-state index >= 15 is 0 Å². The maximum Gasteiger partial charge on any atom is 0.321 e. The van der Waals surface area contributed by atoms with Gasteiger partial charge in [0, 0.05) is 11.5 Å². The third kappa shape index (κ3) is 5.10. The number of hydrogen-bond acceptors (Lipinski definition) is 4. The first-order valence-electron chi connectivity index (χ1n) is 5.36. The van der Waals surface area contributed by atoms with Crippen LogP contribution in [0, 0.1) is 6.92 Å². The van der Waals surface area contributed by atoms with Gasteiger partial charge in [-0.15, -0.1) is 0 Å². The van der Waals surface area contributed by atoms with Crippen LogP contribution in [-0.4, -0.2) is 35.2 Å². The Morgan fingerprint density at radius 1 is 1.53 bits per heavy atom. The molecule has 0 heterocycles. The number of hydrogen-bond donors (Lipinski definition) is 2. The molecular formula is C12H17NO3S. The molecule has 1 aromatic carbocycles. The Hall–Kier alpha value is -1.20. The number of carboxylic acid groups (broad SMARTS) is 1. The lowest BCUT2D eigenvalue weighted by Gasteiger charge is -2.09. The fourth-order valence-electron chi connectivity index (χ4n) is 1.21. The number of aryl methyl sites for hydroxylation is 1. The van der Waals surface area contributed by atoms with Crippen LogP contribution in [0.5, 0.6) is 5.75 Å². The first kappa shape index (κ1) is 13.9. The van der Waals surface area contributed by atoms with Crippen molar-refractivity contribution in [3.63, 3.8) is 0 Å². The summed E-state index contributed by atoms with van der Waals surface area (Å²) in [5, 5.41) is 8.58. The van der Waals surface area contributed by atoms with Crippen molar-refractivity contribution in [2.75, 3.05) is 18.1 Å². The molecule has 94 valence electrons. The lowest BCUT2D eigenvalue weighted by atomic mass is 10.2. The third-order valence-electron chi connectivity index (χ3n) is 2.19. The van der Waals surface area contributed by atoms with Crippen molar-refractivity contribution in [2.24, 2.45) is 5.73 Å². The van der Waals surface area contributed by atoms with Gasteiger partial charge in [-0.3, -0.25) is 4.79 Å². The third-order valence-corrected chi connectivity index (χ3v) is 3.24. The van der Waals surface area contributed by atoms with E-state index < -0.39 is 12.0 Å². The molecule has 0 aliphatic heterocycles. The summed E-state index contributed by atoms with van der Waals surface area (Å²) in [7, 11) is 0. The second kappa shape index (κ2) is 7.19. The minimum absolute atomic E-state index is 0.409. The highest BCUT2D eigenvalue weighted by Crippen LogP contribution is 2.16. The first-order chi connectivity index (χ1) is 8.11. The molecule has 1 aromatic rings. The van der Waals surface area contributed by atoms with Crippen LogP contribution in [0.1, 0.15) is 5.56 Å². The van der Waals surface area contributed by atoms with Crippen molar-refractivity contribution >= 4 is 17.7 Å².